The van der Waals surface area contributed by atoms with Crippen molar-refractivity contribution in [2.45, 2.75) is 5.33 Å². The van der Waals surface area contributed by atoms with Gasteiger partial charge < -0.3 is 0 Å². The number of hydrogen-bond acceptors (Lipinski definition) is 1. The number of rotatable bonds is 2. The molecule has 2 heteroatoms. The molecule has 0 aliphatic rings. The maximum atomic E-state index is 4.71. The van der Waals surface area contributed by atoms with E-state index < -0.39 is 0 Å². The van der Waals surface area contributed by atoms with E-state index in [1.54, 1.807) is 0 Å². The molecular weight excluding hydrogens is 286 g/mol. The van der Waals surface area contributed by atoms with E-state index in [0.29, 0.717) is 0 Å². The standard InChI is InChI=1S/C16H12BrN/c17-11-12-6-8-16-14(10-12)7-9-15(18-16)13-4-2-1-3-5-13/h1-10H,11H2. The van der Waals surface area contributed by atoms with Gasteiger partial charge in [-0.05, 0) is 23.8 Å². The molecule has 0 unspecified atom stereocenters. The Bertz CT molecular complexity index is 677. The summed E-state index contributed by atoms with van der Waals surface area (Å²) in [6.07, 6.45) is 0. The van der Waals surface area contributed by atoms with Crippen molar-refractivity contribution in [1.29, 1.82) is 0 Å². The molecule has 0 aliphatic carbocycles. The number of fused-ring (bicyclic) bond motifs is 1. The van der Waals surface area contributed by atoms with Gasteiger partial charge in [0.05, 0.1) is 11.2 Å². The van der Waals surface area contributed by atoms with Crippen LogP contribution in [0.4, 0.5) is 0 Å². The van der Waals surface area contributed by atoms with Gasteiger partial charge in [0.2, 0.25) is 0 Å². The average molecular weight is 298 g/mol. The van der Waals surface area contributed by atoms with Crippen molar-refractivity contribution < 1.29 is 0 Å². The van der Waals surface area contributed by atoms with Crippen LogP contribution in [0.2, 0.25) is 0 Å². The molecule has 1 nitrogen and oxygen atoms in total. The van der Waals surface area contributed by atoms with Gasteiger partial charge in [-0.25, -0.2) is 4.98 Å². The Balaban J connectivity index is 2.12. The van der Waals surface area contributed by atoms with Crippen LogP contribution in [0.5, 0.6) is 0 Å². The first-order chi connectivity index (χ1) is 8.86. The minimum absolute atomic E-state index is 0.878. The Kier molecular flexibility index (Phi) is 3.11. The van der Waals surface area contributed by atoms with Crippen LogP contribution in [0.3, 0.4) is 0 Å². The molecule has 3 aromatic rings. The SMILES string of the molecule is BrCc1ccc2nc(-c3ccccc3)ccc2c1. The van der Waals surface area contributed by atoms with Crippen LogP contribution < -0.4 is 0 Å². The molecule has 0 saturated carbocycles. The van der Waals surface area contributed by atoms with Gasteiger partial charge in [-0.1, -0.05) is 58.4 Å². The summed E-state index contributed by atoms with van der Waals surface area (Å²) in [5.74, 6) is 0. The second-order valence-electron chi connectivity index (χ2n) is 4.22. The van der Waals surface area contributed by atoms with Crippen LogP contribution >= 0.6 is 15.9 Å². The van der Waals surface area contributed by atoms with Gasteiger partial charge in [0.15, 0.2) is 0 Å². The highest BCUT2D eigenvalue weighted by molar-refractivity contribution is 9.08. The summed E-state index contributed by atoms with van der Waals surface area (Å²) in [4.78, 5) is 4.71. The number of alkyl halides is 1. The summed E-state index contributed by atoms with van der Waals surface area (Å²) in [6, 6.07) is 20.8. The fourth-order valence-electron chi connectivity index (χ4n) is 2.03. The summed E-state index contributed by atoms with van der Waals surface area (Å²) < 4.78 is 0. The van der Waals surface area contributed by atoms with Gasteiger partial charge in [-0.3, -0.25) is 0 Å². The van der Waals surface area contributed by atoms with Crippen molar-refractivity contribution in [2.75, 3.05) is 0 Å². The summed E-state index contributed by atoms with van der Waals surface area (Å²) in [5, 5.41) is 2.07. The van der Waals surface area contributed by atoms with E-state index >= 15 is 0 Å². The zero-order valence-electron chi connectivity index (χ0n) is 9.81. The van der Waals surface area contributed by atoms with Crippen LogP contribution in [-0.4, -0.2) is 4.98 Å². The molecule has 18 heavy (non-hydrogen) atoms. The fourth-order valence-corrected chi connectivity index (χ4v) is 2.38. The van der Waals surface area contributed by atoms with Gasteiger partial charge in [0, 0.05) is 16.3 Å². The third-order valence-electron chi connectivity index (χ3n) is 2.98. The van der Waals surface area contributed by atoms with E-state index in [1.807, 2.05) is 18.2 Å². The van der Waals surface area contributed by atoms with E-state index in [0.717, 1.165) is 22.1 Å². The second-order valence-corrected chi connectivity index (χ2v) is 4.78. The molecule has 0 bridgehead atoms. The summed E-state index contributed by atoms with van der Waals surface area (Å²) in [6.45, 7) is 0. The van der Waals surface area contributed by atoms with E-state index in [4.69, 9.17) is 4.98 Å². The molecule has 2 aromatic carbocycles. The lowest BCUT2D eigenvalue weighted by Gasteiger charge is -2.04. The summed E-state index contributed by atoms with van der Waals surface area (Å²) in [5.41, 5.74) is 4.50. The minimum Gasteiger partial charge on any atom is -0.248 e. The molecule has 3 rings (SSSR count). The highest BCUT2D eigenvalue weighted by atomic mass is 79.9. The number of nitrogens with zero attached hydrogens (tertiary/aromatic N) is 1. The quantitative estimate of drug-likeness (QED) is 0.619. The van der Waals surface area contributed by atoms with Gasteiger partial charge in [-0.15, -0.1) is 0 Å². The summed E-state index contributed by atoms with van der Waals surface area (Å²) >= 11 is 3.47. The molecule has 0 radical (unpaired) electrons. The highest BCUT2D eigenvalue weighted by Gasteiger charge is 2.01. The van der Waals surface area contributed by atoms with E-state index in [2.05, 4.69) is 58.4 Å². The predicted molar refractivity (Wildman–Crippen MR) is 79.8 cm³/mol. The zero-order chi connectivity index (χ0) is 12.4. The molecule has 0 fully saturated rings. The van der Waals surface area contributed by atoms with Crippen LogP contribution in [0.15, 0.2) is 60.7 Å². The van der Waals surface area contributed by atoms with Gasteiger partial charge in [-0.2, -0.15) is 0 Å². The molecule has 0 saturated heterocycles. The Hall–Kier alpha value is -1.67. The normalized spacial score (nSPS) is 10.7. The molecule has 88 valence electrons. The van der Waals surface area contributed by atoms with E-state index in [1.165, 1.54) is 10.9 Å². The molecule has 0 amide bonds. The van der Waals surface area contributed by atoms with Crippen molar-refractivity contribution in [3.05, 3.63) is 66.2 Å². The van der Waals surface area contributed by atoms with E-state index in [9.17, 15) is 0 Å². The largest absolute Gasteiger partial charge is 0.248 e. The molecular formula is C16H12BrN. The number of pyridine rings is 1. The lowest BCUT2D eigenvalue weighted by Crippen LogP contribution is -1.86. The molecule has 1 aromatic heterocycles. The lowest BCUT2D eigenvalue weighted by atomic mass is 10.1. The van der Waals surface area contributed by atoms with Crippen molar-refractivity contribution in [3.63, 3.8) is 0 Å². The first kappa shape index (κ1) is 11.4. The molecule has 0 N–H and O–H groups in total. The van der Waals surface area contributed by atoms with Crippen molar-refractivity contribution in [1.82, 2.24) is 4.98 Å². The Morgan fingerprint density at radius 2 is 1.72 bits per heavy atom. The minimum atomic E-state index is 0.878. The average Bonchev–Trinajstić information content (AvgIpc) is 2.47. The van der Waals surface area contributed by atoms with Gasteiger partial charge in [0.1, 0.15) is 0 Å². The molecule has 0 spiro atoms. The smallest absolute Gasteiger partial charge is 0.0709 e. The monoisotopic (exact) mass is 297 g/mol. The number of benzene rings is 2. The Labute approximate surface area is 115 Å². The first-order valence-electron chi connectivity index (χ1n) is 5.88. The second kappa shape index (κ2) is 4.91. The van der Waals surface area contributed by atoms with Crippen molar-refractivity contribution >= 4 is 26.8 Å². The number of aromatic nitrogens is 1. The molecule has 1 heterocycles. The van der Waals surface area contributed by atoms with Crippen LogP contribution in [-0.2, 0) is 5.33 Å². The first-order valence-corrected chi connectivity index (χ1v) is 7.00. The van der Waals surface area contributed by atoms with Gasteiger partial charge in [0.25, 0.3) is 0 Å². The van der Waals surface area contributed by atoms with Crippen LogP contribution in [0.25, 0.3) is 22.2 Å². The van der Waals surface area contributed by atoms with Crippen LogP contribution in [0, 0.1) is 0 Å². The Morgan fingerprint density at radius 1 is 0.889 bits per heavy atom. The fraction of sp³-hybridized carbons (Fsp3) is 0.0625. The van der Waals surface area contributed by atoms with Crippen molar-refractivity contribution in [2.24, 2.45) is 0 Å². The predicted octanol–water partition coefficient (Wildman–Crippen LogP) is 4.80. The van der Waals surface area contributed by atoms with Crippen molar-refractivity contribution in [3.8, 4) is 11.3 Å². The third-order valence-corrected chi connectivity index (χ3v) is 3.62. The van der Waals surface area contributed by atoms with E-state index in [-0.39, 0.29) is 0 Å². The molecule has 0 atom stereocenters. The highest BCUT2D eigenvalue weighted by Crippen LogP contribution is 2.22. The summed E-state index contributed by atoms with van der Waals surface area (Å²) in [7, 11) is 0. The Morgan fingerprint density at radius 3 is 2.50 bits per heavy atom. The van der Waals surface area contributed by atoms with Crippen LogP contribution in [0.1, 0.15) is 5.56 Å². The zero-order valence-corrected chi connectivity index (χ0v) is 11.4. The number of halogens is 1. The third kappa shape index (κ3) is 2.16. The maximum Gasteiger partial charge on any atom is 0.0709 e. The number of hydrogen-bond donors (Lipinski definition) is 0. The molecule has 0 aliphatic heterocycles. The van der Waals surface area contributed by atoms with Gasteiger partial charge >= 0.3 is 0 Å². The lowest BCUT2D eigenvalue weighted by molar-refractivity contribution is 1.38. The maximum absolute atomic E-state index is 4.71. The topological polar surface area (TPSA) is 12.9 Å².